The van der Waals surface area contributed by atoms with Crippen molar-refractivity contribution >= 4 is 43.6 Å². The van der Waals surface area contributed by atoms with Crippen LogP contribution in [-0.4, -0.2) is 9.13 Å². The Bertz CT molecular complexity index is 2910. The van der Waals surface area contributed by atoms with Crippen molar-refractivity contribution in [1.82, 2.24) is 9.13 Å². The molecule has 0 saturated carbocycles. The molecule has 0 aliphatic carbocycles. The average Bonchev–Trinajstić information content (AvgIpc) is 3.66. The van der Waals surface area contributed by atoms with Gasteiger partial charge in [0.25, 0.3) is 0 Å². The topological polar surface area (TPSA) is 57.4 Å². The van der Waals surface area contributed by atoms with Crippen LogP contribution >= 0.6 is 0 Å². The lowest BCUT2D eigenvalue weighted by atomic mass is 9.86. The maximum absolute atomic E-state index is 10.0. The standard InChI is InChI=1S/C52H42N4/c1-29-9-13-47-43(17-29)44-18-30(2)10-14-48(44)55(47)51-25-41(39-23-33(5)37(27-53)21-35(39)7)42(40-24-34(6)38(28-54)22-36(40)8)26-52(51)56-49-15-11-31(3)19-45(49)46-20-32(4)12-16-50(46)56/h9-26H,1-8H3. The highest BCUT2D eigenvalue weighted by molar-refractivity contribution is 6.12. The van der Waals surface area contributed by atoms with Crippen molar-refractivity contribution < 1.29 is 0 Å². The minimum atomic E-state index is 0.680. The van der Waals surface area contributed by atoms with Crippen LogP contribution in [-0.2, 0) is 0 Å². The van der Waals surface area contributed by atoms with Gasteiger partial charge in [-0.05, 0) is 185 Å². The largest absolute Gasteiger partial charge is 0.307 e. The molecular formula is C52H42N4. The number of hydrogen-bond donors (Lipinski definition) is 0. The molecule has 0 spiro atoms. The summed E-state index contributed by atoms with van der Waals surface area (Å²) in [6.07, 6.45) is 0. The predicted molar refractivity (Wildman–Crippen MR) is 233 cm³/mol. The van der Waals surface area contributed by atoms with Gasteiger partial charge in [0.15, 0.2) is 0 Å². The van der Waals surface area contributed by atoms with E-state index in [2.05, 4.69) is 160 Å². The molecule has 56 heavy (non-hydrogen) atoms. The minimum Gasteiger partial charge on any atom is -0.307 e. The van der Waals surface area contributed by atoms with E-state index in [0.717, 1.165) is 77.9 Å². The molecule has 2 aromatic heterocycles. The van der Waals surface area contributed by atoms with Gasteiger partial charge in [-0.2, -0.15) is 10.5 Å². The molecule has 4 heteroatoms. The highest BCUT2D eigenvalue weighted by Crippen LogP contribution is 2.45. The number of benzene rings is 7. The van der Waals surface area contributed by atoms with Gasteiger partial charge >= 0.3 is 0 Å². The zero-order chi connectivity index (χ0) is 39.2. The molecule has 0 aliphatic heterocycles. The van der Waals surface area contributed by atoms with Gasteiger partial charge in [-0.1, -0.05) is 46.5 Å². The van der Waals surface area contributed by atoms with Crippen LogP contribution in [0.5, 0.6) is 0 Å². The van der Waals surface area contributed by atoms with Crippen LogP contribution in [0.3, 0.4) is 0 Å². The van der Waals surface area contributed by atoms with Crippen molar-refractivity contribution in [1.29, 1.82) is 10.5 Å². The van der Waals surface area contributed by atoms with E-state index in [1.54, 1.807) is 0 Å². The molecule has 0 N–H and O–H groups in total. The molecule has 0 bridgehead atoms. The lowest BCUT2D eigenvalue weighted by Crippen LogP contribution is -2.06. The first-order chi connectivity index (χ1) is 26.9. The molecule has 0 aliphatic rings. The number of hydrogen-bond acceptors (Lipinski definition) is 2. The fraction of sp³-hybridized carbons (Fsp3) is 0.154. The summed E-state index contributed by atoms with van der Waals surface area (Å²) < 4.78 is 4.91. The molecule has 0 amide bonds. The molecule has 7 aromatic carbocycles. The first-order valence-corrected chi connectivity index (χ1v) is 19.2. The summed E-state index contributed by atoms with van der Waals surface area (Å²) in [5.74, 6) is 0. The van der Waals surface area contributed by atoms with Crippen LogP contribution in [0.25, 0.3) is 77.2 Å². The van der Waals surface area contributed by atoms with Crippen LogP contribution in [0.1, 0.15) is 55.6 Å². The highest BCUT2D eigenvalue weighted by Gasteiger charge is 2.25. The lowest BCUT2D eigenvalue weighted by Gasteiger charge is -2.23. The number of fused-ring (bicyclic) bond motifs is 6. The Kier molecular flexibility index (Phi) is 8.01. The smallest absolute Gasteiger partial charge is 0.0994 e. The number of nitrogens with zero attached hydrogens (tertiary/aromatic N) is 4. The third-order valence-electron chi connectivity index (χ3n) is 11.7. The van der Waals surface area contributed by atoms with E-state index in [4.69, 9.17) is 0 Å². The molecule has 270 valence electrons. The van der Waals surface area contributed by atoms with Crippen molar-refractivity contribution in [3.63, 3.8) is 0 Å². The Morgan fingerprint density at radius 2 is 0.643 bits per heavy atom. The first-order valence-electron chi connectivity index (χ1n) is 19.2. The lowest BCUT2D eigenvalue weighted by molar-refractivity contribution is 1.09. The van der Waals surface area contributed by atoms with E-state index >= 15 is 0 Å². The summed E-state index contributed by atoms with van der Waals surface area (Å²) in [6, 6.07) is 45.1. The summed E-state index contributed by atoms with van der Waals surface area (Å²) in [6.45, 7) is 16.9. The molecule has 9 rings (SSSR count). The summed E-state index contributed by atoms with van der Waals surface area (Å²) in [5.41, 5.74) is 21.2. The molecule has 9 aromatic rings. The Morgan fingerprint density at radius 3 is 0.929 bits per heavy atom. The number of nitriles is 2. The van der Waals surface area contributed by atoms with Crippen molar-refractivity contribution in [2.45, 2.75) is 55.4 Å². The summed E-state index contributed by atoms with van der Waals surface area (Å²) in [4.78, 5) is 0. The summed E-state index contributed by atoms with van der Waals surface area (Å²) >= 11 is 0. The van der Waals surface area contributed by atoms with Crippen molar-refractivity contribution in [2.24, 2.45) is 0 Å². The summed E-state index contributed by atoms with van der Waals surface area (Å²) in [7, 11) is 0. The fourth-order valence-corrected chi connectivity index (χ4v) is 8.86. The SMILES string of the molecule is Cc1ccc2c(c1)c1cc(C)ccc1n2-c1cc(-c2cc(C)c(C#N)cc2C)c(-c2cc(C)c(C#N)cc2C)cc1-n1c2ccc(C)cc2c2cc(C)ccc21. The Balaban J connectivity index is 1.54. The molecule has 0 radical (unpaired) electrons. The van der Waals surface area contributed by atoms with E-state index in [0.29, 0.717) is 11.1 Å². The van der Waals surface area contributed by atoms with Crippen LogP contribution in [0.15, 0.2) is 109 Å². The van der Waals surface area contributed by atoms with Crippen molar-refractivity contribution in [2.75, 3.05) is 0 Å². The normalized spacial score (nSPS) is 11.5. The van der Waals surface area contributed by atoms with E-state index < -0.39 is 0 Å². The van der Waals surface area contributed by atoms with E-state index in [9.17, 15) is 10.5 Å². The van der Waals surface area contributed by atoms with Crippen LogP contribution in [0, 0.1) is 78.1 Å². The van der Waals surface area contributed by atoms with E-state index in [1.807, 2.05) is 26.0 Å². The zero-order valence-corrected chi connectivity index (χ0v) is 33.2. The highest BCUT2D eigenvalue weighted by atomic mass is 15.1. The second kappa shape index (κ2) is 12.9. The Morgan fingerprint density at radius 1 is 0.339 bits per heavy atom. The number of aryl methyl sites for hydroxylation is 8. The monoisotopic (exact) mass is 722 g/mol. The summed E-state index contributed by atoms with van der Waals surface area (Å²) in [5, 5.41) is 24.9. The molecule has 4 nitrogen and oxygen atoms in total. The number of aromatic nitrogens is 2. The van der Waals surface area contributed by atoms with E-state index in [-0.39, 0.29) is 0 Å². The molecule has 0 atom stereocenters. The molecule has 2 heterocycles. The third-order valence-corrected chi connectivity index (χ3v) is 11.7. The van der Waals surface area contributed by atoms with Gasteiger partial charge in [-0.15, -0.1) is 0 Å². The second-order valence-electron chi connectivity index (χ2n) is 15.8. The Hall–Kier alpha value is -6.88. The van der Waals surface area contributed by atoms with Gasteiger partial charge in [0.2, 0.25) is 0 Å². The molecule has 0 fully saturated rings. The van der Waals surface area contributed by atoms with Gasteiger partial charge in [-0.25, -0.2) is 0 Å². The van der Waals surface area contributed by atoms with Crippen molar-refractivity contribution in [3.05, 3.63) is 165 Å². The molecular weight excluding hydrogens is 681 g/mol. The number of rotatable bonds is 4. The molecule has 0 unspecified atom stereocenters. The van der Waals surface area contributed by atoms with E-state index in [1.165, 1.54) is 43.8 Å². The minimum absolute atomic E-state index is 0.680. The van der Waals surface area contributed by atoms with Crippen LogP contribution < -0.4 is 0 Å². The Labute approximate surface area is 328 Å². The van der Waals surface area contributed by atoms with Gasteiger partial charge in [-0.3, -0.25) is 0 Å². The fourth-order valence-electron chi connectivity index (χ4n) is 8.86. The third kappa shape index (κ3) is 5.33. The first kappa shape index (κ1) is 34.9. The van der Waals surface area contributed by atoms with Gasteiger partial charge < -0.3 is 9.13 Å². The van der Waals surface area contributed by atoms with Crippen molar-refractivity contribution in [3.8, 4) is 45.8 Å². The zero-order valence-electron chi connectivity index (χ0n) is 33.2. The van der Waals surface area contributed by atoms with Crippen LogP contribution in [0.4, 0.5) is 0 Å². The maximum atomic E-state index is 10.0. The second-order valence-corrected chi connectivity index (χ2v) is 15.8. The quantitative estimate of drug-likeness (QED) is 0.182. The van der Waals surface area contributed by atoms with Crippen LogP contribution in [0.2, 0.25) is 0 Å². The van der Waals surface area contributed by atoms with Gasteiger partial charge in [0.05, 0.1) is 56.7 Å². The average molecular weight is 723 g/mol. The van der Waals surface area contributed by atoms with Gasteiger partial charge in [0, 0.05) is 21.5 Å². The predicted octanol–water partition coefficient (Wildman–Crippen LogP) is 13.4. The maximum Gasteiger partial charge on any atom is 0.0994 e. The van der Waals surface area contributed by atoms with Gasteiger partial charge in [0.1, 0.15) is 0 Å². The molecule has 0 saturated heterocycles.